The Morgan fingerprint density at radius 2 is 1.67 bits per heavy atom. The number of nitrogens with zero attached hydrogens (tertiary/aromatic N) is 2. The van der Waals surface area contributed by atoms with Crippen molar-refractivity contribution < 1.29 is 24.0 Å². The average Bonchev–Trinajstić information content (AvgIpc) is 3.69. The van der Waals surface area contributed by atoms with E-state index in [2.05, 4.69) is 25.6 Å². The van der Waals surface area contributed by atoms with Crippen LogP contribution in [0.4, 0.5) is 0 Å². The van der Waals surface area contributed by atoms with Crippen molar-refractivity contribution in [3.63, 3.8) is 0 Å². The monoisotopic (exact) mass is 628 g/mol. The Balaban J connectivity index is 1.83. The van der Waals surface area contributed by atoms with Gasteiger partial charge in [-0.05, 0) is 32.1 Å². The molecule has 1 aliphatic heterocycles. The Hall–Kier alpha value is -3.71. The minimum Gasteiger partial charge on any atom is -0.369 e. The number of aromatic nitrogens is 2. The molecule has 4 atom stereocenters. The number of H-pyrrole nitrogens is 1. The fraction of sp³-hybridized carbons (Fsp3) is 0.656. The zero-order valence-electron chi connectivity index (χ0n) is 27.0. The molecule has 4 unspecified atom stereocenters. The van der Waals surface area contributed by atoms with Crippen LogP contribution in [-0.2, 0) is 30.4 Å². The number of primary amides is 1. The van der Waals surface area contributed by atoms with Crippen LogP contribution in [0.3, 0.4) is 0 Å². The standard InChI is InChI=1S/C32H52N8O5/c1-32(2,3)28(42)16-21(29(35)43)10-5-4-6-13-27(41)26(40-31(45)25(34)18-23-19-36-20-39-23)12-7-8-14-38-30(44)24(33)17-22-11-9-15-37-22/h11,15,19-21,24-26H,4-10,12-14,16-18,33-34H2,1-3H3,(H2,35,43)(H,36,39)(H,38,44)(H,40,45). The average molecular weight is 629 g/mol. The molecule has 0 spiro atoms. The predicted molar refractivity (Wildman–Crippen MR) is 173 cm³/mol. The van der Waals surface area contributed by atoms with Crippen LogP contribution in [0.25, 0.3) is 0 Å². The van der Waals surface area contributed by atoms with Crippen molar-refractivity contribution >= 4 is 35.5 Å². The van der Waals surface area contributed by atoms with Gasteiger partial charge in [0.25, 0.3) is 0 Å². The number of amides is 3. The van der Waals surface area contributed by atoms with Crippen LogP contribution in [0.15, 0.2) is 29.3 Å². The summed E-state index contributed by atoms with van der Waals surface area (Å²) in [5.74, 6) is -1.83. The van der Waals surface area contributed by atoms with E-state index in [1.165, 1.54) is 6.33 Å². The lowest BCUT2D eigenvalue weighted by Crippen LogP contribution is -2.49. The number of rotatable bonds is 22. The first-order valence-electron chi connectivity index (χ1n) is 15.9. The van der Waals surface area contributed by atoms with Gasteiger partial charge in [-0.3, -0.25) is 29.0 Å². The quantitative estimate of drug-likeness (QED) is 0.103. The number of aromatic amines is 1. The van der Waals surface area contributed by atoms with E-state index in [1.54, 1.807) is 12.4 Å². The highest BCUT2D eigenvalue weighted by Gasteiger charge is 2.27. The van der Waals surface area contributed by atoms with Crippen LogP contribution in [0, 0.1) is 11.3 Å². The topological polar surface area (TPSA) is 229 Å². The molecule has 0 saturated carbocycles. The van der Waals surface area contributed by atoms with E-state index in [0.29, 0.717) is 63.6 Å². The van der Waals surface area contributed by atoms with Gasteiger partial charge in [-0.25, -0.2) is 4.98 Å². The van der Waals surface area contributed by atoms with Crippen LogP contribution in [-0.4, -0.2) is 70.1 Å². The zero-order chi connectivity index (χ0) is 33.4. The second-order valence-corrected chi connectivity index (χ2v) is 12.8. The number of hydrogen-bond acceptors (Lipinski definition) is 9. The molecule has 1 aromatic heterocycles. The predicted octanol–water partition coefficient (Wildman–Crippen LogP) is 1.75. The summed E-state index contributed by atoms with van der Waals surface area (Å²) in [6.07, 6.45) is 12.5. The number of Topliss-reactive ketones (excluding diaryl/α,β-unsaturated/α-hetero) is 2. The van der Waals surface area contributed by atoms with Gasteiger partial charge in [0.05, 0.1) is 24.5 Å². The van der Waals surface area contributed by atoms with Gasteiger partial charge < -0.3 is 32.8 Å². The lowest BCUT2D eigenvalue weighted by atomic mass is 9.83. The highest BCUT2D eigenvalue weighted by Crippen LogP contribution is 2.23. The normalized spacial score (nSPS) is 15.5. The minimum atomic E-state index is -0.859. The fourth-order valence-corrected chi connectivity index (χ4v) is 4.92. The third-order valence-corrected chi connectivity index (χ3v) is 7.88. The van der Waals surface area contributed by atoms with Crippen LogP contribution in [0.1, 0.15) is 97.1 Å². The molecule has 3 amide bonds. The number of nitrogens with two attached hydrogens (primary N) is 3. The Morgan fingerprint density at radius 3 is 2.29 bits per heavy atom. The number of nitrogens with one attached hydrogen (secondary N) is 3. The molecular formula is C32H52N8O5. The highest BCUT2D eigenvalue weighted by molar-refractivity contribution is 5.91. The molecule has 250 valence electrons. The summed E-state index contributed by atoms with van der Waals surface area (Å²) in [6.45, 7) is 5.84. The molecule has 13 heteroatoms. The minimum absolute atomic E-state index is 0.00957. The van der Waals surface area contributed by atoms with Gasteiger partial charge >= 0.3 is 0 Å². The molecule has 0 saturated heterocycles. The first-order valence-corrected chi connectivity index (χ1v) is 15.9. The maximum Gasteiger partial charge on any atom is 0.237 e. The number of unbranched alkanes of at least 4 members (excludes halogenated alkanes) is 3. The van der Waals surface area contributed by atoms with Gasteiger partial charge in [-0.15, -0.1) is 0 Å². The number of imidazole rings is 1. The lowest BCUT2D eigenvalue weighted by Gasteiger charge is -2.21. The van der Waals surface area contributed by atoms with Crippen molar-refractivity contribution in [3.05, 3.63) is 30.0 Å². The molecule has 0 bridgehead atoms. The largest absolute Gasteiger partial charge is 0.369 e. The van der Waals surface area contributed by atoms with E-state index in [4.69, 9.17) is 17.2 Å². The van der Waals surface area contributed by atoms with E-state index in [1.807, 2.05) is 26.8 Å². The van der Waals surface area contributed by atoms with Crippen molar-refractivity contribution in [2.24, 2.45) is 33.5 Å². The first-order chi connectivity index (χ1) is 21.3. The van der Waals surface area contributed by atoms with E-state index in [0.717, 1.165) is 12.1 Å². The summed E-state index contributed by atoms with van der Waals surface area (Å²) in [5, 5.41) is 5.65. The van der Waals surface area contributed by atoms with Crippen LogP contribution >= 0.6 is 0 Å². The molecule has 9 N–H and O–H groups in total. The summed E-state index contributed by atoms with van der Waals surface area (Å²) >= 11 is 0. The zero-order valence-corrected chi connectivity index (χ0v) is 27.0. The molecule has 0 aromatic carbocycles. The second-order valence-electron chi connectivity index (χ2n) is 12.8. The van der Waals surface area contributed by atoms with E-state index < -0.39 is 41.3 Å². The van der Waals surface area contributed by atoms with Crippen molar-refractivity contribution in [2.45, 2.75) is 116 Å². The van der Waals surface area contributed by atoms with Crippen LogP contribution < -0.4 is 27.8 Å². The maximum absolute atomic E-state index is 13.2. The number of ketones is 2. The van der Waals surface area contributed by atoms with Gasteiger partial charge in [0.2, 0.25) is 17.7 Å². The number of carbonyl (C=O) groups is 5. The third kappa shape index (κ3) is 14.3. The SMILES string of the molecule is CC(C)(C)C(=O)CC(CCCCCC(=O)C(CCCCNC(=O)C(N)CC1=CCC=N1)NC(=O)C(N)Cc1cnc[nH]1)C(N)=O. The number of hydrogen-bond donors (Lipinski definition) is 6. The Kier molecular flexibility index (Phi) is 15.8. The van der Waals surface area contributed by atoms with E-state index >= 15 is 0 Å². The van der Waals surface area contributed by atoms with Crippen molar-refractivity contribution in [1.82, 2.24) is 20.6 Å². The molecule has 13 nitrogen and oxygen atoms in total. The van der Waals surface area contributed by atoms with Gasteiger partial charge in [-0.1, -0.05) is 39.7 Å². The summed E-state index contributed by atoms with van der Waals surface area (Å²) in [4.78, 5) is 73.7. The molecular weight excluding hydrogens is 576 g/mol. The van der Waals surface area contributed by atoms with Gasteiger partial charge in [0.15, 0.2) is 5.78 Å². The fourth-order valence-electron chi connectivity index (χ4n) is 4.92. The smallest absolute Gasteiger partial charge is 0.237 e. The van der Waals surface area contributed by atoms with Crippen LogP contribution in [0.2, 0.25) is 0 Å². The Bertz CT molecular complexity index is 1190. The summed E-state index contributed by atoms with van der Waals surface area (Å²) in [5.41, 5.74) is 18.6. The van der Waals surface area contributed by atoms with Gasteiger partial charge in [-0.2, -0.15) is 0 Å². The van der Waals surface area contributed by atoms with Crippen LogP contribution in [0.5, 0.6) is 0 Å². The molecule has 0 radical (unpaired) electrons. The van der Waals surface area contributed by atoms with Crippen molar-refractivity contribution in [3.8, 4) is 0 Å². The first kappa shape index (κ1) is 37.5. The lowest BCUT2D eigenvalue weighted by molar-refractivity contribution is -0.131. The number of carbonyl (C=O) groups excluding carboxylic acids is 5. The summed E-state index contributed by atoms with van der Waals surface area (Å²) in [7, 11) is 0. The third-order valence-electron chi connectivity index (χ3n) is 7.88. The molecule has 1 aliphatic rings. The summed E-state index contributed by atoms with van der Waals surface area (Å²) in [6, 6.07) is -2.27. The molecule has 0 aliphatic carbocycles. The summed E-state index contributed by atoms with van der Waals surface area (Å²) < 4.78 is 0. The van der Waals surface area contributed by atoms with E-state index in [-0.39, 0.29) is 36.7 Å². The Morgan fingerprint density at radius 1 is 0.956 bits per heavy atom. The van der Waals surface area contributed by atoms with Crippen molar-refractivity contribution in [1.29, 1.82) is 0 Å². The molecule has 2 rings (SSSR count). The molecule has 1 aromatic rings. The second kappa shape index (κ2) is 18.9. The van der Waals surface area contributed by atoms with Crippen molar-refractivity contribution in [2.75, 3.05) is 6.54 Å². The van der Waals surface area contributed by atoms with Gasteiger partial charge in [0.1, 0.15) is 5.78 Å². The molecule has 0 fully saturated rings. The number of allylic oxidation sites excluding steroid dienone is 1. The Labute approximate surface area is 266 Å². The van der Waals surface area contributed by atoms with E-state index in [9.17, 15) is 24.0 Å². The number of aliphatic imine (C=N–C) groups is 1. The van der Waals surface area contributed by atoms with Gasteiger partial charge in [0, 0.05) is 73.8 Å². The highest BCUT2D eigenvalue weighted by atomic mass is 16.2. The maximum atomic E-state index is 13.2. The molecule has 45 heavy (non-hydrogen) atoms. The molecule has 2 heterocycles.